The minimum absolute atomic E-state index is 0.204. The molecule has 1 aliphatic rings. The Hall–Kier alpha value is -3.42. The molecule has 8 heteroatoms. The summed E-state index contributed by atoms with van der Waals surface area (Å²) in [5, 5.41) is 14.0. The lowest BCUT2D eigenvalue weighted by molar-refractivity contribution is -0.142. The first-order valence-electron chi connectivity index (χ1n) is 9.07. The number of nitrogens with zero attached hydrogens (tertiary/aromatic N) is 4. The molecule has 3 aromatic rings. The molecule has 1 atom stereocenters. The number of imidazole rings is 1. The van der Waals surface area contributed by atoms with Crippen LogP contribution in [0.15, 0.2) is 36.7 Å². The molecule has 1 aliphatic heterocycles. The van der Waals surface area contributed by atoms with Gasteiger partial charge in [0.15, 0.2) is 0 Å². The molecule has 1 aromatic carbocycles. The van der Waals surface area contributed by atoms with Crippen LogP contribution in [0.2, 0.25) is 0 Å². The van der Waals surface area contributed by atoms with Gasteiger partial charge in [-0.25, -0.2) is 9.78 Å². The van der Waals surface area contributed by atoms with Gasteiger partial charge in [-0.1, -0.05) is 12.1 Å². The van der Waals surface area contributed by atoms with E-state index in [1.54, 1.807) is 12.1 Å². The number of aromatic nitrogens is 4. The van der Waals surface area contributed by atoms with Gasteiger partial charge in [0.2, 0.25) is 0 Å². The number of carbonyl (C=O) groups is 2. The Morgan fingerprint density at radius 3 is 2.64 bits per heavy atom. The molecule has 2 aromatic heterocycles. The zero-order valence-corrected chi connectivity index (χ0v) is 15.7. The predicted molar refractivity (Wildman–Crippen MR) is 101 cm³/mol. The minimum atomic E-state index is -1.02. The lowest BCUT2D eigenvalue weighted by atomic mass is 10.0. The van der Waals surface area contributed by atoms with Crippen molar-refractivity contribution in [3.8, 4) is 0 Å². The van der Waals surface area contributed by atoms with E-state index in [1.165, 1.54) is 11.2 Å². The van der Waals surface area contributed by atoms with Gasteiger partial charge in [0.1, 0.15) is 6.04 Å². The number of aliphatic carboxylic acids is 1. The molecular weight excluding hydrogens is 358 g/mol. The van der Waals surface area contributed by atoms with E-state index < -0.39 is 12.0 Å². The van der Waals surface area contributed by atoms with Crippen LogP contribution in [0.5, 0.6) is 0 Å². The van der Waals surface area contributed by atoms with E-state index in [1.807, 2.05) is 36.7 Å². The number of amides is 1. The topological polar surface area (TPSA) is 104 Å². The molecule has 1 amide bonds. The van der Waals surface area contributed by atoms with Crippen molar-refractivity contribution in [2.45, 2.75) is 39.4 Å². The summed E-state index contributed by atoms with van der Waals surface area (Å²) in [6, 6.07) is 8.34. The van der Waals surface area contributed by atoms with Gasteiger partial charge < -0.3 is 15.0 Å². The summed E-state index contributed by atoms with van der Waals surface area (Å²) < 4.78 is 1.91. The Balaban J connectivity index is 1.54. The van der Waals surface area contributed by atoms with Crippen molar-refractivity contribution in [1.82, 2.24) is 24.6 Å². The van der Waals surface area contributed by atoms with Crippen molar-refractivity contribution in [2.24, 2.45) is 0 Å². The number of fused-ring (bicyclic) bond motifs is 1. The first-order valence-corrected chi connectivity index (χ1v) is 9.07. The molecule has 0 bridgehead atoms. The average molecular weight is 379 g/mol. The van der Waals surface area contributed by atoms with Crippen LogP contribution in [0.4, 0.5) is 0 Å². The monoisotopic (exact) mass is 379 g/mol. The van der Waals surface area contributed by atoms with E-state index in [0.29, 0.717) is 17.8 Å². The number of carboxylic acid groups (broad SMARTS) is 1. The number of nitrogens with one attached hydrogen (secondary N) is 1. The maximum atomic E-state index is 13.0. The SMILES string of the molecule is Cc1cc(C)n(Cc2ccc(C(=O)N3Cc4[nH]cnc4C[C@H]3C(=O)O)cc2)n1. The van der Waals surface area contributed by atoms with Gasteiger partial charge in [-0.2, -0.15) is 5.10 Å². The molecule has 0 radical (unpaired) electrons. The number of aryl methyl sites for hydroxylation is 2. The zero-order chi connectivity index (χ0) is 19.8. The smallest absolute Gasteiger partial charge is 0.326 e. The number of carbonyl (C=O) groups excluding carboxylic acids is 1. The Morgan fingerprint density at radius 2 is 2.00 bits per heavy atom. The second-order valence-corrected chi connectivity index (χ2v) is 7.10. The fourth-order valence-corrected chi connectivity index (χ4v) is 3.60. The number of hydrogen-bond acceptors (Lipinski definition) is 4. The Labute approximate surface area is 161 Å². The first kappa shape index (κ1) is 18.0. The number of benzene rings is 1. The van der Waals surface area contributed by atoms with E-state index in [2.05, 4.69) is 15.1 Å². The molecule has 3 heterocycles. The molecule has 4 rings (SSSR count). The van der Waals surface area contributed by atoms with Gasteiger partial charge >= 0.3 is 5.97 Å². The fraction of sp³-hybridized carbons (Fsp3) is 0.300. The van der Waals surface area contributed by atoms with Crippen LogP contribution in [0.3, 0.4) is 0 Å². The zero-order valence-electron chi connectivity index (χ0n) is 15.7. The van der Waals surface area contributed by atoms with Crippen LogP contribution < -0.4 is 0 Å². The average Bonchev–Trinajstić information content (AvgIpc) is 3.26. The molecule has 144 valence electrons. The molecule has 0 unspecified atom stereocenters. The molecule has 0 fully saturated rings. The molecule has 0 saturated heterocycles. The molecule has 8 nitrogen and oxygen atoms in total. The summed E-state index contributed by atoms with van der Waals surface area (Å²) >= 11 is 0. The van der Waals surface area contributed by atoms with Gasteiger partial charge in [0.05, 0.1) is 36.5 Å². The third-order valence-electron chi connectivity index (χ3n) is 5.08. The first-order chi connectivity index (χ1) is 13.4. The summed E-state index contributed by atoms with van der Waals surface area (Å²) in [7, 11) is 0. The normalized spacial score (nSPS) is 16.1. The number of aromatic amines is 1. The Bertz CT molecular complexity index is 1030. The standard InChI is InChI=1S/C20H21N5O3/c1-12-7-13(2)25(23-12)9-14-3-5-15(6-4-14)19(26)24-10-17-16(21-11-22-17)8-18(24)20(27)28/h3-7,11,18H,8-10H2,1-2H3,(H,21,22)(H,27,28)/t18-/m0/s1. The highest BCUT2D eigenvalue weighted by molar-refractivity contribution is 5.97. The molecular formula is C20H21N5O3. The molecule has 0 spiro atoms. The van der Waals surface area contributed by atoms with Crippen molar-refractivity contribution >= 4 is 11.9 Å². The Kier molecular flexibility index (Phi) is 4.46. The minimum Gasteiger partial charge on any atom is -0.480 e. The molecule has 0 aliphatic carbocycles. The maximum absolute atomic E-state index is 13.0. The predicted octanol–water partition coefficient (Wildman–Crippen LogP) is 1.92. The third kappa shape index (κ3) is 3.28. The van der Waals surface area contributed by atoms with Crippen molar-refractivity contribution in [3.05, 3.63) is 70.6 Å². The van der Waals surface area contributed by atoms with Crippen molar-refractivity contribution in [3.63, 3.8) is 0 Å². The van der Waals surface area contributed by atoms with Gasteiger partial charge in [-0.3, -0.25) is 9.48 Å². The summed E-state index contributed by atoms with van der Waals surface area (Å²) in [6.45, 7) is 4.78. The van der Waals surface area contributed by atoms with Crippen LogP contribution in [-0.4, -0.2) is 47.7 Å². The third-order valence-corrected chi connectivity index (χ3v) is 5.08. The van der Waals surface area contributed by atoms with Gasteiger partial charge in [0.25, 0.3) is 5.91 Å². The lowest BCUT2D eigenvalue weighted by Crippen LogP contribution is -2.48. The summed E-state index contributed by atoms with van der Waals surface area (Å²) in [5.74, 6) is -1.33. The number of hydrogen-bond donors (Lipinski definition) is 2. The number of carboxylic acids is 1. The van der Waals surface area contributed by atoms with Crippen molar-refractivity contribution in [2.75, 3.05) is 0 Å². The highest BCUT2D eigenvalue weighted by atomic mass is 16.4. The largest absolute Gasteiger partial charge is 0.480 e. The van der Waals surface area contributed by atoms with E-state index in [9.17, 15) is 14.7 Å². The van der Waals surface area contributed by atoms with E-state index >= 15 is 0 Å². The van der Waals surface area contributed by atoms with E-state index in [0.717, 1.165) is 22.6 Å². The second kappa shape index (κ2) is 6.95. The molecule has 28 heavy (non-hydrogen) atoms. The highest BCUT2D eigenvalue weighted by Gasteiger charge is 2.36. The fourth-order valence-electron chi connectivity index (χ4n) is 3.60. The summed E-state index contributed by atoms with van der Waals surface area (Å²) in [4.78, 5) is 33.2. The lowest BCUT2D eigenvalue weighted by Gasteiger charge is -2.32. The van der Waals surface area contributed by atoms with E-state index in [4.69, 9.17) is 0 Å². The van der Waals surface area contributed by atoms with Gasteiger partial charge in [-0.05, 0) is 37.6 Å². The van der Waals surface area contributed by atoms with E-state index in [-0.39, 0.29) is 18.9 Å². The summed E-state index contributed by atoms with van der Waals surface area (Å²) in [6.07, 6.45) is 1.74. The van der Waals surface area contributed by atoms with Crippen molar-refractivity contribution < 1.29 is 14.7 Å². The van der Waals surface area contributed by atoms with Crippen molar-refractivity contribution in [1.29, 1.82) is 0 Å². The number of H-pyrrole nitrogens is 1. The maximum Gasteiger partial charge on any atom is 0.326 e. The van der Waals surface area contributed by atoms with Gasteiger partial charge in [-0.15, -0.1) is 0 Å². The quantitative estimate of drug-likeness (QED) is 0.721. The second-order valence-electron chi connectivity index (χ2n) is 7.10. The van der Waals surface area contributed by atoms with Crippen LogP contribution >= 0.6 is 0 Å². The molecule has 0 saturated carbocycles. The van der Waals surface area contributed by atoms with Crippen LogP contribution in [0, 0.1) is 13.8 Å². The Morgan fingerprint density at radius 1 is 1.25 bits per heavy atom. The summed E-state index contributed by atoms with van der Waals surface area (Å²) in [5.41, 5.74) is 5.01. The van der Waals surface area contributed by atoms with Crippen LogP contribution in [0.25, 0.3) is 0 Å². The van der Waals surface area contributed by atoms with Gasteiger partial charge in [0, 0.05) is 17.7 Å². The highest BCUT2D eigenvalue weighted by Crippen LogP contribution is 2.23. The number of rotatable bonds is 4. The van der Waals surface area contributed by atoms with Crippen LogP contribution in [-0.2, 0) is 24.3 Å². The van der Waals surface area contributed by atoms with Crippen LogP contribution in [0.1, 0.15) is 38.7 Å². The molecule has 2 N–H and O–H groups in total.